The molecule has 2 nitrogen and oxygen atoms in total. The number of alkyl halides is 1. The van der Waals surface area contributed by atoms with E-state index < -0.39 is 5.54 Å². The number of ketones is 1. The maximum atomic E-state index is 12.5. The van der Waals surface area contributed by atoms with E-state index in [0.717, 1.165) is 24.8 Å². The molecule has 92 valence electrons. The fraction of sp³-hybridized carbons (Fsp3) is 0.462. The third-order valence-electron chi connectivity index (χ3n) is 3.47. The van der Waals surface area contributed by atoms with Gasteiger partial charge in [-0.3, -0.25) is 4.79 Å². The van der Waals surface area contributed by atoms with Crippen LogP contribution in [-0.2, 0) is 10.3 Å². The molecule has 0 amide bonds. The van der Waals surface area contributed by atoms with Crippen LogP contribution >= 0.6 is 27.5 Å². The van der Waals surface area contributed by atoms with Gasteiger partial charge in [0.1, 0.15) is 5.54 Å². The van der Waals surface area contributed by atoms with Gasteiger partial charge in [-0.1, -0.05) is 45.7 Å². The molecule has 1 N–H and O–H groups in total. The summed E-state index contributed by atoms with van der Waals surface area (Å²) in [6, 6.07) is 7.57. The van der Waals surface area contributed by atoms with Crippen LogP contribution < -0.4 is 5.32 Å². The van der Waals surface area contributed by atoms with Gasteiger partial charge in [-0.05, 0) is 37.9 Å². The molecular formula is C13H15BrClNO. The first-order valence-corrected chi connectivity index (χ1v) is 7.03. The summed E-state index contributed by atoms with van der Waals surface area (Å²) >= 11 is 9.69. The van der Waals surface area contributed by atoms with Crippen LogP contribution in [0.2, 0.25) is 5.02 Å². The summed E-state index contributed by atoms with van der Waals surface area (Å²) in [6.07, 6.45) is 2.70. The van der Waals surface area contributed by atoms with E-state index in [1.165, 1.54) is 0 Å². The molecule has 0 aromatic heterocycles. The highest BCUT2D eigenvalue weighted by Crippen LogP contribution is 2.39. The molecular weight excluding hydrogens is 302 g/mol. The number of halogens is 2. The van der Waals surface area contributed by atoms with E-state index in [1.54, 1.807) is 0 Å². The largest absolute Gasteiger partial charge is 0.304 e. The van der Waals surface area contributed by atoms with E-state index in [2.05, 4.69) is 21.2 Å². The summed E-state index contributed by atoms with van der Waals surface area (Å²) < 4.78 is 0. The minimum atomic E-state index is -0.634. The number of hydrogen-bond acceptors (Lipinski definition) is 2. The minimum Gasteiger partial charge on any atom is -0.304 e. The Morgan fingerprint density at radius 2 is 2.18 bits per heavy atom. The zero-order chi connectivity index (χ0) is 12.5. The van der Waals surface area contributed by atoms with Crippen LogP contribution in [0.1, 0.15) is 24.8 Å². The quantitative estimate of drug-likeness (QED) is 0.849. The number of nitrogens with one attached hydrogen (secondary N) is 1. The summed E-state index contributed by atoms with van der Waals surface area (Å²) in [6.45, 7) is 0. The van der Waals surface area contributed by atoms with Gasteiger partial charge in [0, 0.05) is 5.02 Å². The SMILES string of the molecule is CNC1(c2ccccc2Cl)CCCC(Br)C1=O. The molecule has 2 atom stereocenters. The van der Waals surface area contributed by atoms with Crippen LogP contribution in [0.25, 0.3) is 0 Å². The minimum absolute atomic E-state index is 0.0834. The van der Waals surface area contributed by atoms with Gasteiger partial charge in [0.25, 0.3) is 0 Å². The fourth-order valence-corrected chi connectivity index (χ4v) is 3.54. The predicted octanol–water partition coefficient (Wildman–Crippen LogP) is 3.27. The van der Waals surface area contributed by atoms with Crippen LogP contribution in [0.15, 0.2) is 24.3 Å². The lowest BCUT2D eigenvalue weighted by Crippen LogP contribution is -2.53. The lowest BCUT2D eigenvalue weighted by Gasteiger charge is -2.38. The number of benzene rings is 1. The molecule has 1 aliphatic rings. The van der Waals surface area contributed by atoms with Crippen LogP contribution in [0.4, 0.5) is 0 Å². The van der Waals surface area contributed by atoms with E-state index in [-0.39, 0.29) is 10.6 Å². The lowest BCUT2D eigenvalue weighted by molar-refractivity contribution is -0.127. The molecule has 1 aromatic rings. The van der Waals surface area contributed by atoms with Gasteiger partial charge in [-0.25, -0.2) is 0 Å². The van der Waals surface area contributed by atoms with Crippen molar-refractivity contribution in [1.82, 2.24) is 5.32 Å². The maximum absolute atomic E-state index is 12.5. The van der Waals surface area contributed by atoms with Crippen molar-refractivity contribution in [1.29, 1.82) is 0 Å². The van der Waals surface area contributed by atoms with Crippen molar-refractivity contribution < 1.29 is 4.79 Å². The first-order valence-electron chi connectivity index (χ1n) is 5.74. The van der Waals surface area contributed by atoms with Gasteiger partial charge in [-0.2, -0.15) is 0 Å². The van der Waals surface area contributed by atoms with Crippen molar-refractivity contribution in [3.8, 4) is 0 Å². The van der Waals surface area contributed by atoms with Crippen LogP contribution in [0.5, 0.6) is 0 Å². The Bertz CT molecular complexity index is 437. The summed E-state index contributed by atoms with van der Waals surface area (Å²) in [5, 5.41) is 3.84. The predicted molar refractivity (Wildman–Crippen MR) is 73.8 cm³/mol. The van der Waals surface area contributed by atoms with Crippen molar-refractivity contribution in [3.05, 3.63) is 34.9 Å². The van der Waals surface area contributed by atoms with Crippen molar-refractivity contribution >= 4 is 33.3 Å². The molecule has 2 unspecified atom stereocenters. The summed E-state index contributed by atoms with van der Waals surface area (Å²) in [4.78, 5) is 12.4. The zero-order valence-electron chi connectivity index (χ0n) is 9.67. The van der Waals surface area contributed by atoms with Gasteiger partial charge >= 0.3 is 0 Å². The Labute approximate surface area is 115 Å². The van der Waals surface area contributed by atoms with E-state index in [1.807, 2.05) is 31.3 Å². The van der Waals surface area contributed by atoms with Crippen LogP contribution in [0, 0.1) is 0 Å². The lowest BCUT2D eigenvalue weighted by atomic mass is 9.75. The zero-order valence-corrected chi connectivity index (χ0v) is 12.0. The Morgan fingerprint density at radius 1 is 1.47 bits per heavy atom. The molecule has 1 aromatic carbocycles. The smallest absolute Gasteiger partial charge is 0.170 e. The van der Waals surface area contributed by atoms with Crippen molar-refractivity contribution in [2.24, 2.45) is 0 Å². The molecule has 0 spiro atoms. The Hall–Kier alpha value is -0.380. The van der Waals surface area contributed by atoms with Crippen molar-refractivity contribution in [2.75, 3.05) is 7.05 Å². The summed E-state index contributed by atoms with van der Waals surface area (Å²) in [5.41, 5.74) is 0.253. The second-order valence-electron chi connectivity index (χ2n) is 4.36. The maximum Gasteiger partial charge on any atom is 0.170 e. The highest BCUT2D eigenvalue weighted by molar-refractivity contribution is 9.10. The number of carbonyl (C=O) groups is 1. The Morgan fingerprint density at radius 3 is 2.82 bits per heavy atom. The van der Waals surface area contributed by atoms with E-state index >= 15 is 0 Å². The van der Waals surface area contributed by atoms with E-state index in [4.69, 9.17) is 11.6 Å². The number of carbonyl (C=O) groups excluding carboxylic acids is 1. The molecule has 0 aliphatic heterocycles. The fourth-order valence-electron chi connectivity index (χ4n) is 2.53. The monoisotopic (exact) mass is 315 g/mol. The summed E-state index contributed by atoms with van der Waals surface area (Å²) in [5.74, 6) is 0.180. The number of rotatable bonds is 2. The standard InChI is InChI=1S/C13H15BrClNO/c1-16-13(8-4-6-10(14)12(13)17)9-5-2-3-7-11(9)15/h2-3,5,7,10,16H,4,6,8H2,1H3. The highest BCUT2D eigenvalue weighted by atomic mass is 79.9. The first-order chi connectivity index (χ1) is 8.12. The normalized spacial score (nSPS) is 29.4. The average molecular weight is 317 g/mol. The van der Waals surface area contributed by atoms with Gasteiger partial charge < -0.3 is 5.32 Å². The topological polar surface area (TPSA) is 29.1 Å². The molecule has 0 bridgehead atoms. The van der Waals surface area contributed by atoms with Gasteiger partial charge in [0.2, 0.25) is 0 Å². The molecule has 0 saturated heterocycles. The first kappa shape index (κ1) is 13.1. The molecule has 17 heavy (non-hydrogen) atoms. The third-order valence-corrected chi connectivity index (χ3v) is 4.68. The number of likely N-dealkylation sites (N-methyl/N-ethyl adjacent to an activating group) is 1. The van der Waals surface area contributed by atoms with Gasteiger partial charge in [0.15, 0.2) is 5.78 Å². The van der Waals surface area contributed by atoms with Gasteiger partial charge in [0.05, 0.1) is 4.83 Å². The van der Waals surface area contributed by atoms with E-state index in [9.17, 15) is 4.79 Å². The average Bonchev–Trinajstić information content (AvgIpc) is 2.34. The van der Waals surface area contributed by atoms with Gasteiger partial charge in [-0.15, -0.1) is 0 Å². The third kappa shape index (κ3) is 2.16. The molecule has 1 fully saturated rings. The second kappa shape index (κ2) is 5.09. The number of Topliss-reactive ketones (excluding diaryl/α,β-unsaturated/α-hetero) is 1. The molecule has 0 radical (unpaired) electrons. The molecule has 1 saturated carbocycles. The Kier molecular flexibility index (Phi) is 3.91. The number of hydrogen-bond donors (Lipinski definition) is 1. The molecule has 4 heteroatoms. The highest BCUT2D eigenvalue weighted by Gasteiger charge is 2.45. The van der Waals surface area contributed by atoms with Crippen LogP contribution in [0.3, 0.4) is 0 Å². The molecule has 0 heterocycles. The van der Waals surface area contributed by atoms with Crippen LogP contribution in [-0.4, -0.2) is 17.7 Å². The Balaban J connectivity index is 2.50. The molecule has 1 aliphatic carbocycles. The molecule has 2 rings (SSSR count). The summed E-state index contributed by atoms with van der Waals surface area (Å²) in [7, 11) is 1.83. The van der Waals surface area contributed by atoms with Crippen molar-refractivity contribution in [2.45, 2.75) is 29.6 Å². The second-order valence-corrected chi connectivity index (χ2v) is 5.87. The van der Waals surface area contributed by atoms with Crippen molar-refractivity contribution in [3.63, 3.8) is 0 Å². The van der Waals surface area contributed by atoms with E-state index in [0.29, 0.717) is 5.02 Å².